The lowest BCUT2D eigenvalue weighted by Gasteiger charge is -2.12. The number of rotatable bonds is 4. The lowest BCUT2D eigenvalue weighted by Crippen LogP contribution is -2.13. The molecule has 32 heavy (non-hydrogen) atoms. The summed E-state index contributed by atoms with van der Waals surface area (Å²) >= 11 is 0. The SMILES string of the molecule is O=S(=O)(Nc1cccc2cccnc12)c1ccc(-n2c(O)c3c(c2O)[C@H]2C=CC3C2)cc1. The molecular weight excluding hydrogens is 426 g/mol. The summed E-state index contributed by atoms with van der Waals surface area (Å²) in [4.78, 5) is 4.35. The molecule has 2 aromatic carbocycles. The zero-order chi connectivity index (χ0) is 22.0. The minimum absolute atomic E-state index is 0.00455. The first-order valence-electron chi connectivity index (χ1n) is 10.3. The number of nitrogens with zero attached hydrogens (tertiary/aromatic N) is 2. The summed E-state index contributed by atoms with van der Waals surface area (Å²) < 4.78 is 29.9. The molecule has 0 saturated carbocycles. The second kappa shape index (κ2) is 6.61. The van der Waals surface area contributed by atoms with Crippen LogP contribution in [0, 0.1) is 0 Å². The van der Waals surface area contributed by atoms with Crippen molar-refractivity contribution in [1.82, 2.24) is 9.55 Å². The van der Waals surface area contributed by atoms with Crippen LogP contribution in [0.4, 0.5) is 5.69 Å². The standard InChI is InChI=1S/C24H19N3O4S/c28-23-20-15-6-7-16(13-15)21(20)24(29)27(23)17-8-10-18(11-9-17)32(30,31)26-19-5-1-3-14-4-2-12-25-22(14)19/h1-12,15-16,26,28-29H,13H2/t15-,16?/m0/s1. The van der Waals surface area contributed by atoms with Crippen molar-refractivity contribution in [2.24, 2.45) is 0 Å². The number of anilines is 1. The lowest BCUT2D eigenvalue weighted by atomic mass is 10.0. The summed E-state index contributed by atoms with van der Waals surface area (Å²) in [5.74, 6) is 0.232. The Labute approximate surface area is 184 Å². The van der Waals surface area contributed by atoms with Gasteiger partial charge in [-0.15, -0.1) is 0 Å². The minimum atomic E-state index is -3.86. The summed E-state index contributed by atoms with van der Waals surface area (Å²) in [5.41, 5.74) is 2.97. The third kappa shape index (κ3) is 2.66. The highest BCUT2D eigenvalue weighted by Gasteiger charge is 2.41. The molecule has 2 bridgehead atoms. The molecule has 4 aromatic rings. The lowest BCUT2D eigenvalue weighted by molar-refractivity contribution is 0.395. The molecule has 2 aliphatic rings. The maximum absolute atomic E-state index is 13.0. The highest BCUT2D eigenvalue weighted by molar-refractivity contribution is 7.92. The van der Waals surface area contributed by atoms with E-state index in [-0.39, 0.29) is 28.5 Å². The van der Waals surface area contributed by atoms with E-state index in [4.69, 9.17) is 0 Å². The van der Waals surface area contributed by atoms with Gasteiger partial charge in [0.05, 0.1) is 21.8 Å². The molecule has 0 saturated heterocycles. The second-order valence-corrected chi connectivity index (χ2v) is 9.81. The molecule has 2 aromatic heterocycles. The summed E-state index contributed by atoms with van der Waals surface area (Å²) in [6.07, 6.45) is 6.60. The van der Waals surface area contributed by atoms with Crippen LogP contribution in [-0.2, 0) is 10.0 Å². The van der Waals surface area contributed by atoms with Crippen molar-refractivity contribution in [3.05, 3.63) is 84.1 Å². The number of fused-ring (bicyclic) bond motifs is 6. The number of benzene rings is 2. The van der Waals surface area contributed by atoms with Crippen molar-refractivity contribution < 1.29 is 18.6 Å². The van der Waals surface area contributed by atoms with Gasteiger partial charge in [-0.1, -0.05) is 30.4 Å². The van der Waals surface area contributed by atoms with Crippen molar-refractivity contribution in [3.8, 4) is 17.4 Å². The van der Waals surface area contributed by atoms with Crippen LogP contribution in [0.25, 0.3) is 16.6 Å². The van der Waals surface area contributed by atoms with Crippen LogP contribution in [0.15, 0.2) is 77.8 Å². The third-order valence-corrected chi connectivity index (χ3v) is 7.68. The normalized spacial score (nSPS) is 18.9. The fourth-order valence-corrected chi connectivity index (χ4v) is 5.92. The summed E-state index contributed by atoms with van der Waals surface area (Å²) in [6, 6.07) is 15.0. The van der Waals surface area contributed by atoms with Crippen molar-refractivity contribution in [1.29, 1.82) is 0 Å². The topological polar surface area (TPSA) is 104 Å². The van der Waals surface area contributed by atoms with Gasteiger partial charge in [0, 0.05) is 34.5 Å². The summed E-state index contributed by atoms with van der Waals surface area (Å²) in [6.45, 7) is 0. The maximum atomic E-state index is 13.0. The van der Waals surface area contributed by atoms with Crippen molar-refractivity contribution in [3.63, 3.8) is 0 Å². The number of nitrogens with one attached hydrogen (secondary N) is 1. The first-order chi connectivity index (χ1) is 15.4. The van der Waals surface area contributed by atoms with Crippen LogP contribution >= 0.6 is 0 Å². The van der Waals surface area contributed by atoms with Gasteiger partial charge in [0.15, 0.2) is 0 Å². The van der Waals surface area contributed by atoms with Crippen molar-refractivity contribution in [2.75, 3.05) is 4.72 Å². The third-order valence-electron chi connectivity index (χ3n) is 6.30. The van der Waals surface area contributed by atoms with Gasteiger partial charge in [-0.2, -0.15) is 0 Å². The number of pyridine rings is 1. The Kier molecular flexibility index (Phi) is 3.91. The Morgan fingerprint density at radius 1 is 0.906 bits per heavy atom. The fraction of sp³-hybridized carbons (Fsp3) is 0.125. The molecule has 160 valence electrons. The minimum Gasteiger partial charge on any atom is -0.494 e. The van der Waals surface area contributed by atoms with Crippen LogP contribution < -0.4 is 4.72 Å². The fourth-order valence-electron chi connectivity index (χ4n) is 4.85. The molecule has 7 nitrogen and oxygen atoms in total. The molecule has 0 fully saturated rings. The molecule has 2 heterocycles. The highest BCUT2D eigenvalue weighted by atomic mass is 32.2. The average Bonchev–Trinajstić information content (AvgIpc) is 3.48. The summed E-state index contributed by atoms with van der Waals surface area (Å²) in [7, 11) is -3.86. The monoisotopic (exact) mass is 445 g/mol. The number of allylic oxidation sites excluding steroid dienone is 2. The first kappa shape index (κ1) is 18.9. The zero-order valence-electron chi connectivity index (χ0n) is 16.8. The van der Waals surface area contributed by atoms with Gasteiger partial charge in [-0.25, -0.2) is 8.42 Å². The van der Waals surface area contributed by atoms with Crippen LogP contribution in [0.3, 0.4) is 0 Å². The smallest absolute Gasteiger partial charge is 0.261 e. The molecule has 0 radical (unpaired) electrons. The maximum Gasteiger partial charge on any atom is 0.261 e. The van der Waals surface area contributed by atoms with Gasteiger partial charge in [-0.3, -0.25) is 14.3 Å². The van der Waals surface area contributed by atoms with Crippen LogP contribution in [0.2, 0.25) is 0 Å². The molecule has 8 heteroatoms. The Balaban J connectivity index is 1.34. The van der Waals surface area contributed by atoms with E-state index >= 15 is 0 Å². The molecule has 3 N–H and O–H groups in total. The van der Waals surface area contributed by atoms with Gasteiger partial charge < -0.3 is 10.2 Å². The van der Waals surface area contributed by atoms with E-state index in [0.29, 0.717) is 16.9 Å². The van der Waals surface area contributed by atoms with Crippen LogP contribution in [-0.4, -0.2) is 28.2 Å². The number of aromatic nitrogens is 2. The molecule has 1 unspecified atom stereocenters. The van der Waals surface area contributed by atoms with Gasteiger partial charge in [-0.05, 0) is 42.8 Å². The number of sulfonamides is 1. The van der Waals surface area contributed by atoms with E-state index < -0.39 is 10.0 Å². The van der Waals surface area contributed by atoms with E-state index in [1.807, 2.05) is 12.1 Å². The molecule has 6 rings (SSSR count). The average molecular weight is 446 g/mol. The van der Waals surface area contributed by atoms with Gasteiger partial charge in [0.1, 0.15) is 0 Å². The van der Waals surface area contributed by atoms with Gasteiger partial charge in [0.25, 0.3) is 10.0 Å². The second-order valence-electron chi connectivity index (χ2n) is 8.12. The zero-order valence-corrected chi connectivity index (χ0v) is 17.6. The van der Waals surface area contributed by atoms with E-state index in [2.05, 4.69) is 21.9 Å². The highest BCUT2D eigenvalue weighted by Crippen LogP contribution is 2.57. The summed E-state index contributed by atoms with van der Waals surface area (Å²) in [5, 5.41) is 22.4. The molecule has 0 aliphatic heterocycles. The molecular formula is C24H19N3O4S. The Hall–Kier alpha value is -3.78. The van der Waals surface area contributed by atoms with Crippen molar-refractivity contribution >= 4 is 26.6 Å². The largest absolute Gasteiger partial charge is 0.494 e. The first-order valence-corrected chi connectivity index (χ1v) is 11.7. The van der Waals surface area contributed by atoms with Crippen LogP contribution in [0.5, 0.6) is 11.8 Å². The van der Waals surface area contributed by atoms with Crippen molar-refractivity contribution in [2.45, 2.75) is 23.2 Å². The number of para-hydroxylation sites is 1. The quantitative estimate of drug-likeness (QED) is 0.405. The predicted octanol–water partition coefficient (Wildman–Crippen LogP) is 4.38. The van der Waals surface area contributed by atoms with E-state index in [1.165, 1.54) is 16.7 Å². The number of hydrogen-bond donors (Lipinski definition) is 3. The van der Waals surface area contributed by atoms with Gasteiger partial charge >= 0.3 is 0 Å². The number of hydrogen-bond acceptors (Lipinski definition) is 5. The van der Waals surface area contributed by atoms with Gasteiger partial charge in [0.2, 0.25) is 11.8 Å². The molecule has 2 atom stereocenters. The number of aromatic hydroxyl groups is 2. The Bertz CT molecular complexity index is 1480. The molecule has 0 amide bonds. The van der Waals surface area contributed by atoms with E-state index in [1.54, 1.807) is 36.5 Å². The Morgan fingerprint density at radius 3 is 2.25 bits per heavy atom. The Morgan fingerprint density at radius 2 is 1.56 bits per heavy atom. The van der Waals surface area contributed by atoms with E-state index in [0.717, 1.165) is 22.9 Å². The molecule has 2 aliphatic carbocycles. The molecule has 0 spiro atoms. The predicted molar refractivity (Wildman–Crippen MR) is 121 cm³/mol. The van der Waals surface area contributed by atoms with E-state index in [9.17, 15) is 18.6 Å². The van der Waals surface area contributed by atoms with Crippen LogP contribution in [0.1, 0.15) is 29.4 Å².